The monoisotopic (exact) mass is 198 g/mol. The van der Waals surface area contributed by atoms with Crippen LogP contribution in [0.2, 0.25) is 0 Å². The average Bonchev–Trinajstić information content (AvgIpc) is 2.64. The van der Waals surface area contributed by atoms with Gasteiger partial charge in [-0.3, -0.25) is 0 Å². The van der Waals surface area contributed by atoms with E-state index in [0.717, 1.165) is 5.41 Å². The third kappa shape index (κ3) is 6.45. The van der Waals surface area contributed by atoms with Crippen molar-refractivity contribution in [2.24, 2.45) is 5.41 Å². The lowest BCUT2D eigenvalue weighted by atomic mass is 9.86. The standard InChI is InChI=1S/C8H16.C6H14/c1-3-8(2)6-4-5-7-8;1-3-5-6-4-2/h3-7H2,1-2H3;3-6H2,1-2H3. The van der Waals surface area contributed by atoms with E-state index in [-0.39, 0.29) is 0 Å². The molecule has 1 rings (SSSR count). The summed E-state index contributed by atoms with van der Waals surface area (Å²) in [5.41, 5.74) is 0.736. The first kappa shape index (κ1) is 14.0. The molecule has 86 valence electrons. The summed E-state index contributed by atoms with van der Waals surface area (Å²) in [6.45, 7) is 9.19. The van der Waals surface area contributed by atoms with Crippen LogP contribution < -0.4 is 0 Å². The Morgan fingerprint density at radius 1 is 0.857 bits per heavy atom. The first-order valence-corrected chi connectivity index (χ1v) is 6.68. The predicted molar refractivity (Wildman–Crippen MR) is 66.7 cm³/mol. The van der Waals surface area contributed by atoms with Crippen molar-refractivity contribution in [1.82, 2.24) is 0 Å². The molecule has 0 amide bonds. The first-order valence-electron chi connectivity index (χ1n) is 6.68. The van der Waals surface area contributed by atoms with Gasteiger partial charge in [-0.2, -0.15) is 0 Å². The van der Waals surface area contributed by atoms with E-state index in [2.05, 4.69) is 27.7 Å². The molecule has 0 aromatic carbocycles. The van der Waals surface area contributed by atoms with E-state index in [1.165, 1.54) is 57.8 Å². The number of rotatable bonds is 4. The second kappa shape index (κ2) is 8.32. The summed E-state index contributed by atoms with van der Waals surface area (Å²) < 4.78 is 0. The van der Waals surface area contributed by atoms with Crippen molar-refractivity contribution in [1.29, 1.82) is 0 Å². The van der Waals surface area contributed by atoms with Crippen molar-refractivity contribution in [2.45, 2.75) is 85.5 Å². The molecule has 1 saturated carbocycles. The van der Waals surface area contributed by atoms with E-state index in [1.807, 2.05) is 0 Å². The lowest BCUT2D eigenvalue weighted by molar-refractivity contribution is 0.323. The minimum atomic E-state index is 0.736. The highest BCUT2D eigenvalue weighted by Gasteiger charge is 2.25. The summed E-state index contributed by atoms with van der Waals surface area (Å²) in [5, 5.41) is 0. The van der Waals surface area contributed by atoms with Crippen LogP contribution in [0.4, 0.5) is 0 Å². The highest BCUT2D eigenvalue weighted by molar-refractivity contribution is 4.78. The van der Waals surface area contributed by atoms with Gasteiger partial charge in [-0.25, -0.2) is 0 Å². The Hall–Kier alpha value is 0. The van der Waals surface area contributed by atoms with Crippen LogP contribution in [0, 0.1) is 5.41 Å². The third-order valence-corrected chi connectivity index (χ3v) is 3.62. The molecular formula is C14H30. The number of unbranched alkanes of at least 4 members (excludes halogenated alkanes) is 3. The molecule has 0 unspecified atom stereocenters. The zero-order valence-electron chi connectivity index (χ0n) is 10.9. The van der Waals surface area contributed by atoms with Gasteiger partial charge >= 0.3 is 0 Å². The zero-order chi connectivity index (χ0) is 10.9. The van der Waals surface area contributed by atoms with Gasteiger partial charge in [0.2, 0.25) is 0 Å². The molecular weight excluding hydrogens is 168 g/mol. The summed E-state index contributed by atoms with van der Waals surface area (Å²) in [7, 11) is 0. The lowest BCUT2D eigenvalue weighted by Gasteiger charge is -2.19. The number of hydrogen-bond acceptors (Lipinski definition) is 0. The van der Waals surface area contributed by atoms with E-state index in [0.29, 0.717) is 0 Å². The van der Waals surface area contributed by atoms with Gasteiger partial charge in [-0.15, -0.1) is 0 Å². The van der Waals surface area contributed by atoms with Crippen LogP contribution in [0.3, 0.4) is 0 Å². The normalized spacial score (nSPS) is 18.9. The Kier molecular flexibility index (Phi) is 8.32. The molecule has 0 atom stereocenters. The zero-order valence-corrected chi connectivity index (χ0v) is 10.9. The molecule has 0 heterocycles. The summed E-state index contributed by atoms with van der Waals surface area (Å²) in [6.07, 6.45) is 12.8. The van der Waals surface area contributed by atoms with Crippen molar-refractivity contribution >= 4 is 0 Å². The van der Waals surface area contributed by atoms with E-state index in [1.54, 1.807) is 0 Å². The molecule has 0 spiro atoms. The van der Waals surface area contributed by atoms with Gasteiger partial charge in [0, 0.05) is 0 Å². The molecule has 0 nitrogen and oxygen atoms in total. The van der Waals surface area contributed by atoms with E-state index >= 15 is 0 Å². The van der Waals surface area contributed by atoms with Gasteiger partial charge in [-0.1, -0.05) is 72.6 Å². The third-order valence-electron chi connectivity index (χ3n) is 3.62. The first-order chi connectivity index (χ1) is 6.68. The molecule has 0 saturated heterocycles. The Labute approximate surface area is 91.5 Å². The molecule has 1 aliphatic carbocycles. The van der Waals surface area contributed by atoms with E-state index in [4.69, 9.17) is 0 Å². The van der Waals surface area contributed by atoms with Gasteiger partial charge < -0.3 is 0 Å². The van der Waals surface area contributed by atoms with Gasteiger partial charge in [0.15, 0.2) is 0 Å². The Morgan fingerprint density at radius 3 is 1.50 bits per heavy atom. The summed E-state index contributed by atoms with van der Waals surface area (Å²) in [4.78, 5) is 0. The largest absolute Gasteiger partial charge is 0.0654 e. The summed E-state index contributed by atoms with van der Waals surface area (Å²) in [6, 6.07) is 0. The van der Waals surface area contributed by atoms with Crippen LogP contribution in [-0.2, 0) is 0 Å². The molecule has 0 N–H and O–H groups in total. The van der Waals surface area contributed by atoms with Crippen LogP contribution in [0.1, 0.15) is 85.5 Å². The molecule has 0 aromatic heterocycles. The fourth-order valence-electron chi connectivity index (χ4n) is 2.08. The minimum absolute atomic E-state index is 0.736. The quantitative estimate of drug-likeness (QED) is 0.518. The highest BCUT2D eigenvalue weighted by Crippen LogP contribution is 2.39. The maximum absolute atomic E-state index is 2.42. The van der Waals surface area contributed by atoms with E-state index in [9.17, 15) is 0 Å². The van der Waals surface area contributed by atoms with Crippen LogP contribution in [-0.4, -0.2) is 0 Å². The molecule has 0 heteroatoms. The smallest absolute Gasteiger partial charge is 0.0328 e. The van der Waals surface area contributed by atoms with Gasteiger partial charge in [0.05, 0.1) is 0 Å². The summed E-state index contributed by atoms with van der Waals surface area (Å²) >= 11 is 0. The molecule has 1 fully saturated rings. The van der Waals surface area contributed by atoms with Crippen molar-refractivity contribution in [2.75, 3.05) is 0 Å². The van der Waals surface area contributed by atoms with Gasteiger partial charge in [-0.05, 0) is 18.3 Å². The van der Waals surface area contributed by atoms with Gasteiger partial charge in [0.1, 0.15) is 0 Å². The van der Waals surface area contributed by atoms with Crippen LogP contribution in [0.15, 0.2) is 0 Å². The Balaban J connectivity index is 0.000000255. The topological polar surface area (TPSA) is 0 Å². The molecule has 0 bridgehead atoms. The van der Waals surface area contributed by atoms with Crippen LogP contribution in [0.25, 0.3) is 0 Å². The van der Waals surface area contributed by atoms with Crippen molar-refractivity contribution in [3.8, 4) is 0 Å². The van der Waals surface area contributed by atoms with Crippen LogP contribution in [0.5, 0.6) is 0 Å². The van der Waals surface area contributed by atoms with Crippen molar-refractivity contribution in [3.63, 3.8) is 0 Å². The average molecular weight is 198 g/mol. The SMILES string of the molecule is CCC1(C)CCCC1.CCCCCC. The Bertz CT molecular complexity index is 105. The molecule has 1 aliphatic rings. The summed E-state index contributed by atoms with van der Waals surface area (Å²) in [5.74, 6) is 0. The minimum Gasteiger partial charge on any atom is -0.0654 e. The predicted octanol–water partition coefficient (Wildman–Crippen LogP) is 5.56. The van der Waals surface area contributed by atoms with Crippen molar-refractivity contribution in [3.05, 3.63) is 0 Å². The molecule has 0 radical (unpaired) electrons. The second-order valence-corrected chi connectivity index (χ2v) is 5.08. The highest BCUT2D eigenvalue weighted by atomic mass is 14.3. The second-order valence-electron chi connectivity index (χ2n) is 5.08. The van der Waals surface area contributed by atoms with E-state index < -0.39 is 0 Å². The lowest BCUT2D eigenvalue weighted by Crippen LogP contribution is -2.07. The maximum atomic E-state index is 2.42. The molecule has 0 aromatic rings. The van der Waals surface area contributed by atoms with Crippen molar-refractivity contribution < 1.29 is 0 Å². The Morgan fingerprint density at radius 2 is 1.29 bits per heavy atom. The van der Waals surface area contributed by atoms with Crippen LogP contribution >= 0.6 is 0 Å². The number of hydrogen-bond donors (Lipinski definition) is 0. The molecule has 14 heavy (non-hydrogen) atoms. The fourth-order valence-corrected chi connectivity index (χ4v) is 2.08. The maximum Gasteiger partial charge on any atom is -0.0328 e. The molecule has 0 aliphatic heterocycles. The fraction of sp³-hybridized carbons (Fsp3) is 1.00. The van der Waals surface area contributed by atoms with Gasteiger partial charge in [0.25, 0.3) is 0 Å².